The van der Waals surface area contributed by atoms with Gasteiger partial charge in [-0.3, -0.25) is 0 Å². The van der Waals surface area contributed by atoms with Crippen LogP contribution in [0.15, 0.2) is 16.8 Å². The molecule has 26 heavy (non-hydrogen) atoms. The number of carbonyl (C=O) groups is 1. The molecule has 1 unspecified atom stereocenters. The van der Waals surface area contributed by atoms with E-state index in [0.717, 1.165) is 21.3 Å². The maximum absolute atomic E-state index is 12.2. The van der Waals surface area contributed by atoms with Crippen molar-refractivity contribution in [3.05, 3.63) is 38.7 Å². The number of aliphatic hydroxyl groups is 1. The summed E-state index contributed by atoms with van der Waals surface area (Å²) in [4.78, 5) is 22.4. The van der Waals surface area contributed by atoms with E-state index in [-0.39, 0.29) is 5.97 Å². The molecule has 3 aromatic rings. The zero-order chi connectivity index (χ0) is 18.9. The molecule has 1 atom stereocenters. The van der Waals surface area contributed by atoms with Crippen molar-refractivity contribution in [3.63, 3.8) is 0 Å². The smallest absolute Gasteiger partial charge is 0.348 e. The highest BCUT2D eigenvalue weighted by Gasteiger charge is 2.25. The second-order valence-electron chi connectivity index (χ2n) is 6.22. The van der Waals surface area contributed by atoms with Crippen LogP contribution in [-0.4, -0.2) is 34.2 Å². The highest BCUT2D eigenvalue weighted by molar-refractivity contribution is 7.20. The quantitative estimate of drug-likeness (QED) is 0.621. The zero-order valence-electron chi connectivity index (χ0n) is 15.1. The lowest BCUT2D eigenvalue weighted by molar-refractivity contribution is 0.0531. The summed E-state index contributed by atoms with van der Waals surface area (Å²) in [6.45, 7) is 7.83. The van der Waals surface area contributed by atoms with Crippen molar-refractivity contribution in [1.82, 2.24) is 9.97 Å². The summed E-state index contributed by atoms with van der Waals surface area (Å²) in [5, 5.41) is 18.6. The SMILES string of the molecule is CCOC(=O)c1sc2nc(C)nc(NCC(C)(O)c3ccsc3)c2c1C. The Balaban J connectivity index is 1.96. The lowest BCUT2D eigenvalue weighted by atomic mass is 9.99. The summed E-state index contributed by atoms with van der Waals surface area (Å²) in [6.07, 6.45) is 0. The summed E-state index contributed by atoms with van der Waals surface area (Å²) in [5.74, 6) is 0.876. The van der Waals surface area contributed by atoms with Gasteiger partial charge in [-0.25, -0.2) is 14.8 Å². The van der Waals surface area contributed by atoms with Crippen LogP contribution >= 0.6 is 22.7 Å². The van der Waals surface area contributed by atoms with Gasteiger partial charge < -0.3 is 15.2 Å². The highest BCUT2D eigenvalue weighted by Crippen LogP contribution is 2.35. The van der Waals surface area contributed by atoms with Crippen molar-refractivity contribution in [2.45, 2.75) is 33.3 Å². The molecule has 138 valence electrons. The number of fused-ring (bicyclic) bond motifs is 1. The summed E-state index contributed by atoms with van der Waals surface area (Å²) in [5.41, 5.74) is 0.617. The van der Waals surface area contributed by atoms with E-state index in [2.05, 4.69) is 15.3 Å². The van der Waals surface area contributed by atoms with Gasteiger partial charge in [0.05, 0.1) is 12.0 Å². The topological polar surface area (TPSA) is 84.3 Å². The Kier molecular flexibility index (Phi) is 5.27. The summed E-state index contributed by atoms with van der Waals surface area (Å²) >= 11 is 2.85. The van der Waals surface area contributed by atoms with Gasteiger partial charge in [-0.05, 0) is 55.6 Å². The number of hydrogen-bond donors (Lipinski definition) is 2. The van der Waals surface area contributed by atoms with Crippen LogP contribution in [0.2, 0.25) is 0 Å². The van der Waals surface area contributed by atoms with E-state index in [9.17, 15) is 9.90 Å². The average Bonchev–Trinajstić information content (AvgIpc) is 3.22. The average molecular weight is 392 g/mol. The van der Waals surface area contributed by atoms with Crippen LogP contribution in [0.3, 0.4) is 0 Å². The molecule has 3 rings (SSSR count). The van der Waals surface area contributed by atoms with Crippen molar-refractivity contribution in [3.8, 4) is 0 Å². The van der Waals surface area contributed by atoms with Crippen molar-refractivity contribution < 1.29 is 14.6 Å². The zero-order valence-corrected chi connectivity index (χ0v) is 16.8. The van der Waals surface area contributed by atoms with E-state index < -0.39 is 5.60 Å². The van der Waals surface area contributed by atoms with E-state index >= 15 is 0 Å². The van der Waals surface area contributed by atoms with Crippen LogP contribution < -0.4 is 5.32 Å². The number of rotatable bonds is 6. The fourth-order valence-electron chi connectivity index (χ4n) is 2.69. The number of aryl methyl sites for hydroxylation is 2. The van der Waals surface area contributed by atoms with Gasteiger partial charge in [0.15, 0.2) is 0 Å². The van der Waals surface area contributed by atoms with E-state index in [1.807, 2.05) is 23.8 Å². The van der Waals surface area contributed by atoms with Gasteiger partial charge in [0, 0.05) is 6.54 Å². The fraction of sp³-hybridized carbons (Fsp3) is 0.389. The van der Waals surface area contributed by atoms with Gasteiger partial charge in [0.2, 0.25) is 0 Å². The maximum Gasteiger partial charge on any atom is 0.348 e. The highest BCUT2D eigenvalue weighted by atomic mass is 32.1. The first-order chi connectivity index (χ1) is 12.3. The number of carbonyl (C=O) groups excluding carboxylic acids is 1. The molecule has 0 radical (unpaired) electrons. The van der Waals surface area contributed by atoms with E-state index in [1.54, 1.807) is 32.1 Å². The van der Waals surface area contributed by atoms with Crippen molar-refractivity contribution >= 4 is 44.7 Å². The van der Waals surface area contributed by atoms with Crippen LogP contribution in [0.4, 0.5) is 5.82 Å². The Morgan fingerprint density at radius 1 is 1.38 bits per heavy atom. The molecule has 3 aromatic heterocycles. The molecule has 6 nitrogen and oxygen atoms in total. The minimum Gasteiger partial charge on any atom is -0.462 e. The van der Waals surface area contributed by atoms with Crippen LogP contribution in [0.5, 0.6) is 0 Å². The van der Waals surface area contributed by atoms with Gasteiger partial charge in [0.1, 0.15) is 27.0 Å². The number of nitrogens with zero attached hydrogens (tertiary/aromatic N) is 2. The lowest BCUT2D eigenvalue weighted by Gasteiger charge is -2.23. The fourth-order valence-corrected chi connectivity index (χ4v) is 4.60. The molecule has 0 amide bonds. The van der Waals surface area contributed by atoms with Gasteiger partial charge in [0.25, 0.3) is 0 Å². The van der Waals surface area contributed by atoms with Crippen LogP contribution in [-0.2, 0) is 10.3 Å². The van der Waals surface area contributed by atoms with E-state index in [4.69, 9.17) is 4.74 Å². The maximum atomic E-state index is 12.2. The number of anilines is 1. The summed E-state index contributed by atoms with van der Waals surface area (Å²) in [6, 6.07) is 1.90. The monoisotopic (exact) mass is 391 g/mol. The van der Waals surface area contributed by atoms with Crippen molar-refractivity contribution in [1.29, 1.82) is 0 Å². The Bertz CT molecular complexity index is 933. The number of hydrogen-bond acceptors (Lipinski definition) is 8. The molecule has 3 heterocycles. The van der Waals surface area contributed by atoms with E-state index in [0.29, 0.717) is 29.7 Å². The molecule has 0 aliphatic rings. The molecule has 0 aliphatic carbocycles. The molecule has 0 fully saturated rings. The predicted octanol–water partition coefficient (Wildman–Crippen LogP) is 3.87. The minimum absolute atomic E-state index is 0.291. The van der Waals surface area contributed by atoms with Gasteiger partial charge >= 0.3 is 5.97 Å². The molecular weight excluding hydrogens is 370 g/mol. The normalized spacial score (nSPS) is 13.6. The third kappa shape index (κ3) is 3.58. The third-order valence-electron chi connectivity index (χ3n) is 4.11. The van der Waals surface area contributed by atoms with Crippen LogP contribution in [0.25, 0.3) is 10.2 Å². The van der Waals surface area contributed by atoms with Crippen LogP contribution in [0, 0.1) is 13.8 Å². The summed E-state index contributed by atoms with van der Waals surface area (Å²) < 4.78 is 5.14. The molecule has 2 N–H and O–H groups in total. The Labute approximate surface area is 159 Å². The molecule has 0 bridgehead atoms. The summed E-state index contributed by atoms with van der Waals surface area (Å²) in [7, 11) is 0. The standard InChI is InChI=1S/C18H21N3O3S2/c1-5-24-17(22)14-10(2)13-15(20-11(3)21-16(13)26-14)19-9-18(4,23)12-6-7-25-8-12/h6-8,23H,5,9H2,1-4H3,(H,19,20,21). The van der Waals surface area contributed by atoms with Gasteiger partial charge in [-0.1, -0.05) is 0 Å². The van der Waals surface area contributed by atoms with Gasteiger partial charge in [-0.15, -0.1) is 11.3 Å². The number of thiophene rings is 2. The largest absolute Gasteiger partial charge is 0.462 e. The first kappa shape index (κ1) is 18.8. The number of ether oxygens (including phenoxy) is 1. The predicted molar refractivity (Wildman–Crippen MR) is 105 cm³/mol. The number of esters is 1. The third-order valence-corrected chi connectivity index (χ3v) is 5.95. The molecule has 0 spiro atoms. The first-order valence-electron chi connectivity index (χ1n) is 8.27. The van der Waals surface area contributed by atoms with Crippen LogP contribution in [0.1, 0.15) is 40.5 Å². The number of aromatic nitrogens is 2. The Morgan fingerprint density at radius 3 is 2.81 bits per heavy atom. The molecule has 0 aromatic carbocycles. The lowest BCUT2D eigenvalue weighted by Crippen LogP contribution is -2.30. The Morgan fingerprint density at radius 2 is 2.15 bits per heavy atom. The second-order valence-corrected chi connectivity index (χ2v) is 7.99. The van der Waals surface area contributed by atoms with E-state index in [1.165, 1.54) is 11.3 Å². The Hall–Kier alpha value is -2.03. The molecular formula is C18H21N3O3S2. The van der Waals surface area contributed by atoms with Gasteiger partial charge in [-0.2, -0.15) is 11.3 Å². The van der Waals surface area contributed by atoms with Crippen molar-refractivity contribution in [2.75, 3.05) is 18.5 Å². The number of nitrogens with one attached hydrogen (secondary N) is 1. The van der Waals surface area contributed by atoms with Crippen molar-refractivity contribution in [2.24, 2.45) is 0 Å². The minimum atomic E-state index is -1.03. The molecule has 0 saturated heterocycles. The second kappa shape index (κ2) is 7.30. The molecule has 0 saturated carbocycles. The molecule has 8 heteroatoms. The molecule has 0 aliphatic heterocycles. The first-order valence-corrected chi connectivity index (χ1v) is 10.0.